The minimum atomic E-state index is -1.70. The van der Waals surface area contributed by atoms with Crippen molar-refractivity contribution in [1.82, 2.24) is 0 Å². The molecule has 1 saturated heterocycles. The Morgan fingerprint density at radius 1 is 1.30 bits per heavy atom. The standard InChI is InChI=1S/C21H25ClO8/c1-11-8-12(23)9-15(25)21(11)20(26)17-14(10-13(24)18(22)19(17)30-21)27-6-7-29-16-4-2-3-5-28-16/h9-12,16,23-25H,2-8H2,1H3/t11-,12?,16?,21+/m1/s1. The van der Waals surface area contributed by atoms with Gasteiger partial charge >= 0.3 is 0 Å². The number of ketones is 1. The summed E-state index contributed by atoms with van der Waals surface area (Å²) in [5, 5.41) is 30.5. The molecule has 3 N–H and O–H groups in total. The van der Waals surface area contributed by atoms with Crippen molar-refractivity contribution in [1.29, 1.82) is 0 Å². The Balaban J connectivity index is 1.56. The van der Waals surface area contributed by atoms with E-state index in [1.54, 1.807) is 6.92 Å². The van der Waals surface area contributed by atoms with Crippen molar-refractivity contribution in [2.75, 3.05) is 19.8 Å². The number of ether oxygens (including phenoxy) is 4. The summed E-state index contributed by atoms with van der Waals surface area (Å²) in [6, 6.07) is 1.25. The monoisotopic (exact) mass is 440 g/mol. The van der Waals surface area contributed by atoms with Crippen molar-refractivity contribution in [3.63, 3.8) is 0 Å². The van der Waals surface area contributed by atoms with E-state index in [9.17, 15) is 20.1 Å². The van der Waals surface area contributed by atoms with Crippen LogP contribution in [-0.2, 0) is 9.47 Å². The third-order valence-corrected chi connectivity index (χ3v) is 6.16. The van der Waals surface area contributed by atoms with Crippen LogP contribution in [0.4, 0.5) is 0 Å². The Morgan fingerprint density at radius 2 is 2.10 bits per heavy atom. The molecule has 1 aromatic rings. The molecular weight excluding hydrogens is 416 g/mol. The fourth-order valence-electron chi connectivity index (χ4n) is 4.24. The first kappa shape index (κ1) is 21.2. The summed E-state index contributed by atoms with van der Waals surface area (Å²) in [7, 11) is 0. The SMILES string of the molecule is C[C@@H]1CC(O)C=C(O)[C@@]12Oc1c(Cl)c(O)cc(OCCOC3CCCCO3)c1C2=O. The first-order valence-corrected chi connectivity index (χ1v) is 10.5. The number of aliphatic hydroxyl groups is 2. The van der Waals surface area contributed by atoms with Crippen LogP contribution in [0, 0.1) is 5.92 Å². The molecule has 1 aliphatic carbocycles. The minimum Gasteiger partial charge on any atom is -0.508 e. The molecule has 0 radical (unpaired) electrons. The lowest BCUT2D eigenvalue weighted by molar-refractivity contribution is -0.165. The lowest BCUT2D eigenvalue weighted by atomic mass is 9.75. The maximum absolute atomic E-state index is 13.4. The predicted octanol–water partition coefficient (Wildman–Crippen LogP) is 3.12. The van der Waals surface area contributed by atoms with Gasteiger partial charge in [0.05, 0.1) is 12.7 Å². The zero-order chi connectivity index (χ0) is 21.5. The second kappa shape index (κ2) is 8.26. The second-order valence-corrected chi connectivity index (χ2v) is 8.23. The van der Waals surface area contributed by atoms with Crippen LogP contribution < -0.4 is 9.47 Å². The smallest absolute Gasteiger partial charge is 0.230 e. The summed E-state index contributed by atoms with van der Waals surface area (Å²) < 4.78 is 22.7. The number of carbonyl (C=O) groups is 1. The van der Waals surface area contributed by atoms with Crippen molar-refractivity contribution in [2.24, 2.45) is 5.92 Å². The minimum absolute atomic E-state index is 0.0450. The number of phenols is 1. The normalized spacial score (nSPS) is 30.7. The summed E-state index contributed by atoms with van der Waals surface area (Å²) in [5.74, 6) is -1.70. The first-order chi connectivity index (χ1) is 14.3. The van der Waals surface area contributed by atoms with Gasteiger partial charge in [-0.05, 0) is 31.8 Å². The highest BCUT2D eigenvalue weighted by molar-refractivity contribution is 6.35. The number of benzene rings is 1. The van der Waals surface area contributed by atoms with Crippen molar-refractivity contribution in [2.45, 2.75) is 50.6 Å². The molecule has 2 aliphatic heterocycles. The summed E-state index contributed by atoms with van der Waals surface area (Å²) in [5.41, 5.74) is -1.65. The maximum Gasteiger partial charge on any atom is 0.230 e. The molecule has 30 heavy (non-hydrogen) atoms. The number of hydrogen-bond acceptors (Lipinski definition) is 8. The number of fused-ring (bicyclic) bond motifs is 1. The molecular formula is C21H25ClO8. The summed E-state index contributed by atoms with van der Waals surface area (Å²) in [6.45, 7) is 2.71. The third kappa shape index (κ3) is 3.51. The molecule has 4 rings (SSSR count). The summed E-state index contributed by atoms with van der Waals surface area (Å²) in [4.78, 5) is 13.4. The molecule has 0 bridgehead atoms. The van der Waals surface area contributed by atoms with Crippen LogP contribution in [-0.4, -0.2) is 58.9 Å². The van der Waals surface area contributed by atoms with Crippen LogP contribution in [0.15, 0.2) is 17.9 Å². The van der Waals surface area contributed by atoms with E-state index >= 15 is 0 Å². The second-order valence-electron chi connectivity index (χ2n) is 7.85. The zero-order valence-corrected chi connectivity index (χ0v) is 17.4. The average Bonchev–Trinajstić information content (AvgIpc) is 3.03. The van der Waals surface area contributed by atoms with E-state index < -0.39 is 23.4 Å². The van der Waals surface area contributed by atoms with Crippen molar-refractivity contribution < 1.29 is 39.1 Å². The molecule has 8 nitrogen and oxygen atoms in total. The number of aromatic hydroxyl groups is 1. The van der Waals surface area contributed by atoms with Crippen LogP contribution in [0.5, 0.6) is 17.2 Å². The Hall–Kier alpha value is -2.00. The Morgan fingerprint density at radius 3 is 2.80 bits per heavy atom. The van der Waals surface area contributed by atoms with E-state index in [4.69, 9.17) is 30.5 Å². The van der Waals surface area contributed by atoms with Crippen LogP contribution in [0.1, 0.15) is 43.0 Å². The average molecular weight is 441 g/mol. The molecule has 1 fully saturated rings. The molecule has 3 aliphatic rings. The molecule has 2 heterocycles. The van der Waals surface area contributed by atoms with Crippen LogP contribution >= 0.6 is 11.6 Å². The van der Waals surface area contributed by atoms with Gasteiger partial charge in [0.15, 0.2) is 12.0 Å². The van der Waals surface area contributed by atoms with E-state index in [1.165, 1.54) is 12.1 Å². The van der Waals surface area contributed by atoms with Gasteiger partial charge < -0.3 is 34.3 Å². The molecule has 9 heteroatoms. The van der Waals surface area contributed by atoms with E-state index in [0.717, 1.165) is 19.3 Å². The molecule has 4 atom stereocenters. The van der Waals surface area contributed by atoms with Gasteiger partial charge in [-0.1, -0.05) is 18.5 Å². The number of Topliss-reactive ketones (excluding diaryl/α,β-unsaturated/α-hetero) is 1. The zero-order valence-electron chi connectivity index (χ0n) is 16.6. The number of aliphatic hydroxyl groups excluding tert-OH is 2. The van der Waals surface area contributed by atoms with Gasteiger partial charge in [-0.15, -0.1) is 0 Å². The predicted molar refractivity (Wildman–Crippen MR) is 106 cm³/mol. The van der Waals surface area contributed by atoms with Crippen molar-refractivity contribution >= 4 is 17.4 Å². The number of carbonyl (C=O) groups excluding carboxylic acids is 1. The van der Waals surface area contributed by atoms with Gasteiger partial charge in [0.1, 0.15) is 34.5 Å². The van der Waals surface area contributed by atoms with Crippen molar-refractivity contribution in [3.05, 3.63) is 28.5 Å². The van der Waals surface area contributed by atoms with Crippen LogP contribution in [0.3, 0.4) is 0 Å². The highest BCUT2D eigenvalue weighted by Gasteiger charge is 2.59. The van der Waals surface area contributed by atoms with E-state index in [-0.39, 0.29) is 59.5 Å². The van der Waals surface area contributed by atoms with E-state index in [0.29, 0.717) is 6.61 Å². The topological polar surface area (TPSA) is 115 Å². The fourth-order valence-corrected chi connectivity index (χ4v) is 4.42. The fraction of sp³-hybridized carbons (Fsp3) is 0.571. The molecule has 1 aromatic carbocycles. The van der Waals surface area contributed by atoms with Gasteiger partial charge in [-0.2, -0.15) is 0 Å². The number of rotatable bonds is 5. The summed E-state index contributed by atoms with van der Waals surface area (Å²) in [6.07, 6.45) is 3.15. The van der Waals surface area contributed by atoms with Gasteiger partial charge in [-0.3, -0.25) is 4.79 Å². The van der Waals surface area contributed by atoms with E-state index in [2.05, 4.69) is 0 Å². The maximum atomic E-state index is 13.4. The number of halogens is 1. The molecule has 0 amide bonds. The van der Waals surface area contributed by atoms with Gasteiger partial charge in [0.2, 0.25) is 11.4 Å². The third-order valence-electron chi connectivity index (χ3n) is 5.80. The van der Waals surface area contributed by atoms with Gasteiger partial charge in [0.25, 0.3) is 0 Å². The summed E-state index contributed by atoms with van der Waals surface area (Å²) >= 11 is 6.19. The number of phenolic OH excluding ortho intramolecular Hbond substituents is 1. The number of hydrogen-bond donors (Lipinski definition) is 3. The molecule has 1 spiro atoms. The Labute approximate surface area is 179 Å². The van der Waals surface area contributed by atoms with Crippen molar-refractivity contribution in [3.8, 4) is 17.2 Å². The lowest BCUT2D eigenvalue weighted by Crippen LogP contribution is -2.51. The van der Waals surface area contributed by atoms with E-state index in [1.807, 2.05) is 0 Å². The molecule has 0 aromatic heterocycles. The Bertz CT molecular complexity index is 863. The van der Waals surface area contributed by atoms with Crippen LogP contribution in [0.25, 0.3) is 0 Å². The molecule has 2 unspecified atom stereocenters. The molecule has 0 saturated carbocycles. The quantitative estimate of drug-likeness (QED) is 0.598. The largest absolute Gasteiger partial charge is 0.508 e. The Kier molecular flexibility index (Phi) is 5.85. The molecule has 164 valence electrons. The van der Waals surface area contributed by atoms with Gasteiger partial charge in [-0.25, -0.2) is 0 Å². The lowest BCUT2D eigenvalue weighted by Gasteiger charge is -2.36. The van der Waals surface area contributed by atoms with Gasteiger partial charge in [0, 0.05) is 18.6 Å². The first-order valence-electron chi connectivity index (χ1n) is 10.1. The highest BCUT2D eigenvalue weighted by atomic mass is 35.5. The van der Waals surface area contributed by atoms with Crippen LogP contribution in [0.2, 0.25) is 5.02 Å². The highest BCUT2D eigenvalue weighted by Crippen LogP contribution is 2.54.